The van der Waals surface area contributed by atoms with Crippen molar-refractivity contribution in [3.8, 4) is 5.75 Å². The highest BCUT2D eigenvalue weighted by atomic mass is 79.9. The second-order valence-electron chi connectivity index (χ2n) is 4.37. The third kappa shape index (κ3) is 3.96. The molecular weight excluding hydrogens is 383 g/mol. The summed E-state index contributed by atoms with van der Waals surface area (Å²) in [5.74, 6) is -0.293. The Labute approximate surface area is 135 Å². The second-order valence-corrected chi connectivity index (χ2v) is 7.82. The van der Waals surface area contributed by atoms with E-state index < -0.39 is 14.9 Å². The Morgan fingerprint density at radius 3 is 2.57 bits per heavy atom. The molecule has 0 fully saturated rings. The highest BCUT2D eigenvalue weighted by Gasteiger charge is 2.20. The van der Waals surface area contributed by atoms with Gasteiger partial charge in [-0.25, -0.2) is 12.8 Å². The van der Waals surface area contributed by atoms with Crippen LogP contribution in [0.1, 0.15) is 11.1 Å². The minimum absolute atomic E-state index is 0.0887. The topological polar surface area (TPSA) is 43.4 Å². The summed E-state index contributed by atoms with van der Waals surface area (Å²) in [6.45, 7) is 1.60. The predicted octanol–water partition coefficient (Wildman–Crippen LogP) is 4.40. The number of hydrogen-bond donors (Lipinski definition) is 0. The third-order valence-corrected chi connectivity index (χ3v) is 4.58. The lowest BCUT2D eigenvalue weighted by Crippen LogP contribution is -2.04. The minimum Gasteiger partial charge on any atom is -0.487 e. The van der Waals surface area contributed by atoms with Gasteiger partial charge in [0, 0.05) is 20.7 Å². The first-order chi connectivity index (χ1) is 9.79. The van der Waals surface area contributed by atoms with Gasteiger partial charge in [-0.15, -0.1) is 0 Å². The van der Waals surface area contributed by atoms with Crippen molar-refractivity contribution < 1.29 is 17.5 Å². The van der Waals surface area contributed by atoms with Crippen molar-refractivity contribution in [2.75, 3.05) is 0 Å². The maximum absolute atomic E-state index is 13.6. The van der Waals surface area contributed by atoms with E-state index >= 15 is 0 Å². The van der Waals surface area contributed by atoms with Gasteiger partial charge in [0.05, 0.1) is 0 Å². The van der Waals surface area contributed by atoms with Crippen LogP contribution in [0.2, 0.25) is 0 Å². The lowest BCUT2D eigenvalue weighted by Gasteiger charge is -2.13. The van der Waals surface area contributed by atoms with Gasteiger partial charge >= 0.3 is 0 Å². The number of hydrogen-bond acceptors (Lipinski definition) is 3. The average Bonchev–Trinajstić information content (AvgIpc) is 2.37. The van der Waals surface area contributed by atoms with E-state index in [0.717, 1.165) is 0 Å². The molecule has 0 aliphatic heterocycles. The Morgan fingerprint density at radius 1 is 1.29 bits per heavy atom. The molecule has 0 aromatic heterocycles. The molecule has 0 atom stereocenters. The molecular formula is C14H11BrClFO3S. The van der Waals surface area contributed by atoms with Gasteiger partial charge in [0.1, 0.15) is 23.1 Å². The van der Waals surface area contributed by atoms with E-state index in [4.69, 9.17) is 15.4 Å². The smallest absolute Gasteiger partial charge is 0.265 e. The van der Waals surface area contributed by atoms with E-state index in [1.54, 1.807) is 31.2 Å². The van der Waals surface area contributed by atoms with Gasteiger partial charge in [0.25, 0.3) is 9.05 Å². The van der Waals surface area contributed by atoms with Crippen LogP contribution in [0.25, 0.3) is 0 Å². The van der Waals surface area contributed by atoms with E-state index in [9.17, 15) is 12.8 Å². The monoisotopic (exact) mass is 392 g/mol. The Kier molecular flexibility index (Phi) is 4.91. The van der Waals surface area contributed by atoms with Crippen LogP contribution in [0.5, 0.6) is 5.75 Å². The molecule has 0 bridgehead atoms. The lowest BCUT2D eigenvalue weighted by atomic mass is 10.2. The Morgan fingerprint density at radius 2 is 1.95 bits per heavy atom. The van der Waals surface area contributed by atoms with E-state index in [2.05, 4.69) is 15.9 Å². The maximum Gasteiger partial charge on any atom is 0.265 e. The van der Waals surface area contributed by atoms with Crippen molar-refractivity contribution in [3.05, 3.63) is 57.8 Å². The molecule has 3 nitrogen and oxygen atoms in total. The van der Waals surface area contributed by atoms with Crippen molar-refractivity contribution in [1.82, 2.24) is 0 Å². The first-order valence-corrected chi connectivity index (χ1v) is 9.00. The van der Waals surface area contributed by atoms with Crippen LogP contribution in [0.15, 0.2) is 45.8 Å². The van der Waals surface area contributed by atoms with Crippen LogP contribution in [-0.4, -0.2) is 8.42 Å². The fourth-order valence-corrected chi connectivity index (χ4v) is 3.61. The summed E-state index contributed by atoms with van der Waals surface area (Å²) in [6, 6.07) is 9.17. The molecule has 0 radical (unpaired) electrons. The molecule has 2 aromatic carbocycles. The summed E-state index contributed by atoms with van der Waals surface area (Å²) < 4.78 is 42.9. The molecule has 0 saturated carbocycles. The zero-order chi connectivity index (χ0) is 15.6. The lowest BCUT2D eigenvalue weighted by molar-refractivity contribution is 0.290. The molecule has 0 amide bonds. The Balaban J connectivity index is 2.39. The summed E-state index contributed by atoms with van der Waals surface area (Å²) in [5.41, 5.74) is 0.915. The number of benzene rings is 2. The van der Waals surface area contributed by atoms with Crippen molar-refractivity contribution in [2.24, 2.45) is 0 Å². The molecule has 0 spiro atoms. The molecule has 2 rings (SSSR count). The second kappa shape index (κ2) is 6.34. The average molecular weight is 394 g/mol. The van der Waals surface area contributed by atoms with Crippen LogP contribution >= 0.6 is 26.6 Å². The fourth-order valence-electron chi connectivity index (χ4n) is 1.83. The largest absolute Gasteiger partial charge is 0.487 e. The number of rotatable bonds is 4. The van der Waals surface area contributed by atoms with Crippen molar-refractivity contribution in [3.63, 3.8) is 0 Å². The van der Waals surface area contributed by atoms with Crippen LogP contribution in [0.3, 0.4) is 0 Å². The van der Waals surface area contributed by atoms with E-state index in [1.807, 2.05) is 0 Å². The van der Waals surface area contributed by atoms with Crippen LogP contribution in [0.4, 0.5) is 4.39 Å². The van der Waals surface area contributed by atoms with E-state index in [0.29, 0.717) is 15.6 Å². The summed E-state index contributed by atoms with van der Waals surface area (Å²) in [5, 5.41) is 0. The van der Waals surface area contributed by atoms with Crippen LogP contribution in [-0.2, 0) is 15.7 Å². The van der Waals surface area contributed by atoms with Crippen LogP contribution in [0, 0.1) is 12.7 Å². The Bertz CT molecular complexity index is 778. The SMILES string of the molecule is Cc1cc(Br)cc(S(=O)(=O)Cl)c1OCc1ccccc1F. The summed E-state index contributed by atoms with van der Waals surface area (Å²) in [4.78, 5) is -0.146. The molecule has 0 aliphatic rings. The maximum atomic E-state index is 13.6. The number of halogens is 3. The minimum atomic E-state index is -3.97. The van der Waals surface area contributed by atoms with Gasteiger partial charge in [-0.2, -0.15) is 0 Å². The molecule has 7 heteroatoms. The number of ether oxygens (including phenoxy) is 1. The van der Waals surface area contributed by atoms with Gasteiger partial charge in [-0.05, 0) is 30.7 Å². The van der Waals surface area contributed by atoms with E-state index in [-0.39, 0.29) is 17.3 Å². The molecule has 0 heterocycles. The quantitative estimate of drug-likeness (QED) is 0.723. The zero-order valence-corrected chi connectivity index (χ0v) is 14.1. The zero-order valence-electron chi connectivity index (χ0n) is 10.9. The normalized spacial score (nSPS) is 11.4. The molecule has 0 saturated heterocycles. The molecule has 0 aliphatic carbocycles. The summed E-state index contributed by atoms with van der Waals surface area (Å²) >= 11 is 3.21. The highest BCUT2D eigenvalue weighted by Crippen LogP contribution is 2.34. The van der Waals surface area contributed by atoms with Crippen molar-refractivity contribution in [2.45, 2.75) is 18.4 Å². The van der Waals surface area contributed by atoms with Gasteiger partial charge in [0.2, 0.25) is 0 Å². The van der Waals surface area contributed by atoms with Gasteiger partial charge < -0.3 is 4.74 Å². The molecule has 0 unspecified atom stereocenters. The van der Waals surface area contributed by atoms with Gasteiger partial charge in [-0.3, -0.25) is 0 Å². The third-order valence-electron chi connectivity index (χ3n) is 2.80. The molecule has 112 valence electrons. The fraction of sp³-hybridized carbons (Fsp3) is 0.143. The Hall–Kier alpha value is -1.11. The number of aryl methyl sites for hydroxylation is 1. The standard InChI is InChI=1S/C14H11BrClFO3S/c1-9-6-11(15)7-13(21(16,18)19)14(9)20-8-10-4-2-3-5-12(10)17/h2-7H,8H2,1H3. The molecule has 0 N–H and O–H groups in total. The first-order valence-electron chi connectivity index (χ1n) is 5.90. The van der Waals surface area contributed by atoms with Gasteiger partial charge in [-0.1, -0.05) is 34.1 Å². The predicted molar refractivity (Wildman–Crippen MR) is 82.6 cm³/mol. The first kappa shape index (κ1) is 16.3. The van der Waals surface area contributed by atoms with Crippen molar-refractivity contribution >= 4 is 35.7 Å². The molecule has 21 heavy (non-hydrogen) atoms. The van der Waals surface area contributed by atoms with Gasteiger partial charge in [0.15, 0.2) is 0 Å². The molecule has 2 aromatic rings. The van der Waals surface area contributed by atoms with E-state index in [1.165, 1.54) is 12.1 Å². The summed E-state index contributed by atoms with van der Waals surface area (Å²) in [7, 11) is 1.45. The van der Waals surface area contributed by atoms with Crippen molar-refractivity contribution in [1.29, 1.82) is 0 Å². The van der Waals surface area contributed by atoms with Crippen LogP contribution < -0.4 is 4.74 Å². The summed E-state index contributed by atoms with van der Waals surface area (Å²) in [6.07, 6.45) is 0. The highest BCUT2D eigenvalue weighted by molar-refractivity contribution is 9.10.